The zero-order valence-corrected chi connectivity index (χ0v) is 11.0. The Hall–Kier alpha value is -1.00. The van der Waals surface area contributed by atoms with Crippen LogP contribution in [0, 0.1) is 17.6 Å². The molecule has 19 heavy (non-hydrogen) atoms. The lowest BCUT2D eigenvalue weighted by molar-refractivity contribution is 0.0731. The van der Waals surface area contributed by atoms with Crippen LogP contribution in [0.3, 0.4) is 0 Å². The second-order valence-electron chi connectivity index (χ2n) is 5.73. The van der Waals surface area contributed by atoms with Crippen molar-refractivity contribution in [2.75, 3.05) is 26.2 Å². The quantitative estimate of drug-likeness (QED) is 0.898. The summed E-state index contributed by atoms with van der Waals surface area (Å²) in [5.41, 5.74) is 0.728. The molecule has 0 saturated carbocycles. The Balaban J connectivity index is 1.50. The van der Waals surface area contributed by atoms with Crippen molar-refractivity contribution in [2.24, 2.45) is 5.92 Å². The molecule has 4 heteroatoms. The first kappa shape index (κ1) is 13.0. The van der Waals surface area contributed by atoms with Crippen LogP contribution in [0.2, 0.25) is 0 Å². The second kappa shape index (κ2) is 5.55. The Morgan fingerprint density at radius 3 is 2.37 bits per heavy atom. The predicted octanol–water partition coefficient (Wildman–Crippen LogP) is 2.19. The molecule has 1 aromatic carbocycles. The first-order valence-electron chi connectivity index (χ1n) is 7.11. The minimum Gasteiger partial charge on any atom is -0.312 e. The molecule has 1 atom stereocenters. The van der Waals surface area contributed by atoms with Crippen LogP contribution in [0.5, 0.6) is 0 Å². The zero-order valence-electron chi connectivity index (χ0n) is 11.0. The van der Waals surface area contributed by atoms with E-state index < -0.39 is 11.6 Å². The SMILES string of the molecule is Fc1cc(F)cc(CCNC2CN3CCC2CC3)c1. The van der Waals surface area contributed by atoms with Crippen molar-refractivity contribution in [3.63, 3.8) is 0 Å². The van der Waals surface area contributed by atoms with Crippen LogP contribution in [-0.4, -0.2) is 37.1 Å². The maximum atomic E-state index is 13.1. The molecule has 104 valence electrons. The van der Waals surface area contributed by atoms with Crippen LogP contribution in [0.4, 0.5) is 8.78 Å². The number of hydrogen-bond acceptors (Lipinski definition) is 2. The lowest BCUT2D eigenvalue weighted by atomic mass is 9.84. The van der Waals surface area contributed by atoms with E-state index in [0.717, 1.165) is 30.6 Å². The predicted molar refractivity (Wildman–Crippen MR) is 71.0 cm³/mol. The van der Waals surface area contributed by atoms with Crippen LogP contribution in [0.15, 0.2) is 18.2 Å². The molecule has 3 saturated heterocycles. The summed E-state index contributed by atoms with van der Waals surface area (Å²) in [7, 11) is 0. The van der Waals surface area contributed by atoms with Gasteiger partial charge in [0, 0.05) is 18.7 Å². The van der Waals surface area contributed by atoms with E-state index >= 15 is 0 Å². The maximum Gasteiger partial charge on any atom is 0.126 e. The van der Waals surface area contributed by atoms with Gasteiger partial charge in [-0.1, -0.05) is 0 Å². The Bertz CT molecular complexity index is 422. The summed E-state index contributed by atoms with van der Waals surface area (Å²) in [6.07, 6.45) is 3.25. The van der Waals surface area contributed by atoms with Gasteiger partial charge in [-0.05, 0) is 62.5 Å². The summed E-state index contributed by atoms with van der Waals surface area (Å²) >= 11 is 0. The highest BCUT2D eigenvalue weighted by Crippen LogP contribution is 2.27. The van der Waals surface area contributed by atoms with Crippen LogP contribution in [0.1, 0.15) is 18.4 Å². The number of fused-ring (bicyclic) bond motifs is 3. The van der Waals surface area contributed by atoms with Crippen molar-refractivity contribution in [1.82, 2.24) is 10.2 Å². The smallest absolute Gasteiger partial charge is 0.126 e. The minimum atomic E-state index is -0.488. The molecule has 3 aliphatic rings. The van der Waals surface area contributed by atoms with Crippen molar-refractivity contribution >= 4 is 0 Å². The number of piperidine rings is 3. The van der Waals surface area contributed by atoms with Crippen LogP contribution in [0.25, 0.3) is 0 Å². The molecular formula is C15H20F2N2. The molecule has 3 aliphatic heterocycles. The summed E-state index contributed by atoms with van der Waals surface area (Å²) in [5, 5.41) is 3.55. The number of halogens is 2. The average Bonchev–Trinajstić information content (AvgIpc) is 2.39. The molecule has 1 unspecified atom stereocenters. The van der Waals surface area contributed by atoms with Gasteiger partial charge in [-0.15, -0.1) is 0 Å². The molecule has 0 radical (unpaired) electrons. The van der Waals surface area contributed by atoms with Crippen LogP contribution >= 0.6 is 0 Å². The van der Waals surface area contributed by atoms with Crippen molar-refractivity contribution in [3.05, 3.63) is 35.4 Å². The largest absolute Gasteiger partial charge is 0.312 e. The Labute approximate surface area is 112 Å². The van der Waals surface area contributed by atoms with Crippen LogP contribution in [-0.2, 0) is 6.42 Å². The van der Waals surface area contributed by atoms with Gasteiger partial charge in [0.1, 0.15) is 11.6 Å². The van der Waals surface area contributed by atoms with E-state index in [4.69, 9.17) is 0 Å². The van der Waals surface area contributed by atoms with E-state index in [1.165, 1.54) is 38.1 Å². The highest BCUT2D eigenvalue weighted by molar-refractivity contribution is 5.18. The molecule has 3 fully saturated rings. The third kappa shape index (κ3) is 3.12. The monoisotopic (exact) mass is 266 g/mol. The van der Waals surface area contributed by atoms with Gasteiger partial charge in [-0.2, -0.15) is 0 Å². The van der Waals surface area contributed by atoms with Crippen molar-refractivity contribution in [3.8, 4) is 0 Å². The van der Waals surface area contributed by atoms with Gasteiger partial charge in [0.25, 0.3) is 0 Å². The summed E-state index contributed by atoms with van der Waals surface area (Å²) in [5.74, 6) is -0.190. The number of hydrogen-bond donors (Lipinski definition) is 1. The van der Waals surface area contributed by atoms with Crippen LogP contribution < -0.4 is 5.32 Å². The van der Waals surface area contributed by atoms with Gasteiger partial charge in [0.05, 0.1) is 0 Å². The van der Waals surface area contributed by atoms with E-state index in [1.54, 1.807) is 0 Å². The molecule has 3 heterocycles. The van der Waals surface area contributed by atoms with Gasteiger partial charge in [0.2, 0.25) is 0 Å². The summed E-state index contributed by atoms with van der Waals surface area (Å²) in [6.45, 7) is 4.38. The first-order valence-corrected chi connectivity index (χ1v) is 7.11. The van der Waals surface area contributed by atoms with Gasteiger partial charge >= 0.3 is 0 Å². The lowest BCUT2D eigenvalue weighted by Crippen LogP contribution is -2.56. The standard InChI is InChI=1S/C15H20F2N2/c16-13-7-11(8-14(17)9-13)1-4-18-15-10-19-5-2-12(15)3-6-19/h7-9,12,15,18H,1-6,10H2. The van der Waals surface area contributed by atoms with E-state index in [-0.39, 0.29) is 0 Å². The van der Waals surface area contributed by atoms with E-state index in [0.29, 0.717) is 12.5 Å². The molecule has 0 spiro atoms. The number of benzene rings is 1. The molecule has 4 rings (SSSR count). The fraction of sp³-hybridized carbons (Fsp3) is 0.600. The minimum absolute atomic E-state index is 0.488. The molecule has 0 amide bonds. The Kier molecular flexibility index (Phi) is 3.80. The fourth-order valence-electron chi connectivity index (χ4n) is 3.35. The maximum absolute atomic E-state index is 13.1. The van der Waals surface area contributed by atoms with E-state index in [1.807, 2.05) is 0 Å². The second-order valence-corrected chi connectivity index (χ2v) is 5.73. The summed E-state index contributed by atoms with van der Waals surface area (Å²) in [4.78, 5) is 2.50. The Morgan fingerprint density at radius 1 is 1.11 bits per heavy atom. The Morgan fingerprint density at radius 2 is 1.79 bits per heavy atom. The molecule has 1 aromatic rings. The number of rotatable bonds is 4. The molecule has 2 bridgehead atoms. The first-order chi connectivity index (χ1) is 9.20. The topological polar surface area (TPSA) is 15.3 Å². The van der Waals surface area contributed by atoms with E-state index in [9.17, 15) is 8.78 Å². The third-order valence-electron chi connectivity index (χ3n) is 4.40. The number of nitrogens with one attached hydrogen (secondary N) is 1. The molecule has 0 aliphatic carbocycles. The van der Waals surface area contributed by atoms with Crippen molar-refractivity contribution < 1.29 is 8.78 Å². The highest BCUT2D eigenvalue weighted by atomic mass is 19.1. The van der Waals surface area contributed by atoms with Gasteiger partial charge in [0.15, 0.2) is 0 Å². The molecular weight excluding hydrogens is 246 g/mol. The lowest BCUT2D eigenvalue weighted by Gasteiger charge is -2.45. The van der Waals surface area contributed by atoms with Gasteiger partial charge < -0.3 is 10.2 Å². The molecule has 2 nitrogen and oxygen atoms in total. The number of nitrogens with zero attached hydrogens (tertiary/aromatic N) is 1. The zero-order chi connectivity index (χ0) is 13.2. The third-order valence-corrected chi connectivity index (χ3v) is 4.40. The van der Waals surface area contributed by atoms with E-state index in [2.05, 4.69) is 10.2 Å². The van der Waals surface area contributed by atoms with Gasteiger partial charge in [-0.25, -0.2) is 8.78 Å². The molecule has 0 aromatic heterocycles. The average molecular weight is 266 g/mol. The summed E-state index contributed by atoms with van der Waals surface area (Å²) in [6, 6.07) is 4.31. The highest BCUT2D eigenvalue weighted by Gasteiger charge is 2.33. The molecule has 1 N–H and O–H groups in total. The fourth-order valence-corrected chi connectivity index (χ4v) is 3.35. The normalized spacial score (nSPS) is 29.7. The van der Waals surface area contributed by atoms with Crippen molar-refractivity contribution in [2.45, 2.75) is 25.3 Å². The summed E-state index contributed by atoms with van der Waals surface area (Å²) < 4.78 is 26.1. The van der Waals surface area contributed by atoms with Crippen molar-refractivity contribution in [1.29, 1.82) is 0 Å². The van der Waals surface area contributed by atoms with Gasteiger partial charge in [-0.3, -0.25) is 0 Å².